The van der Waals surface area contributed by atoms with E-state index >= 15 is 0 Å². The molecular formula is C17H28N2O2. The molecule has 1 fully saturated rings. The molecule has 1 heterocycles. The molecule has 0 atom stereocenters. The third-order valence-electron chi connectivity index (χ3n) is 4.12. The predicted molar refractivity (Wildman–Crippen MR) is 86.1 cm³/mol. The van der Waals surface area contributed by atoms with Gasteiger partial charge in [0, 0.05) is 13.1 Å². The average Bonchev–Trinajstić information content (AvgIpc) is 2.50. The Morgan fingerprint density at radius 2 is 2.00 bits per heavy atom. The van der Waals surface area contributed by atoms with Gasteiger partial charge < -0.3 is 20.1 Å². The maximum atomic E-state index is 6.20. The SMILES string of the molecule is COc1c(CCCCN)cccc1OC1CCN(C)CC1. The van der Waals surface area contributed by atoms with E-state index in [2.05, 4.69) is 24.1 Å². The van der Waals surface area contributed by atoms with Crippen LogP contribution in [0.4, 0.5) is 0 Å². The van der Waals surface area contributed by atoms with Crippen LogP contribution in [0.2, 0.25) is 0 Å². The van der Waals surface area contributed by atoms with Crippen LogP contribution in [0.1, 0.15) is 31.2 Å². The number of piperidine rings is 1. The minimum atomic E-state index is 0.300. The molecule has 0 amide bonds. The van der Waals surface area contributed by atoms with Gasteiger partial charge in [-0.1, -0.05) is 12.1 Å². The summed E-state index contributed by atoms with van der Waals surface area (Å²) in [6.45, 7) is 2.94. The van der Waals surface area contributed by atoms with Crippen LogP contribution in [-0.2, 0) is 6.42 Å². The smallest absolute Gasteiger partial charge is 0.163 e. The Bertz CT molecular complexity index is 429. The van der Waals surface area contributed by atoms with Crippen LogP contribution in [0.15, 0.2) is 18.2 Å². The van der Waals surface area contributed by atoms with Crippen molar-refractivity contribution >= 4 is 0 Å². The van der Waals surface area contributed by atoms with Crippen LogP contribution in [0.5, 0.6) is 11.5 Å². The van der Waals surface area contributed by atoms with Gasteiger partial charge in [0.25, 0.3) is 0 Å². The molecule has 118 valence electrons. The molecule has 0 spiro atoms. The molecule has 0 bridgehead atoms. The number of methoxy groups -OCH3 is 1. The molecule has 1 aromatic rings. The third-order valence-corrected chi connectivity index (χ3v) is 4.12. The molecule has 21 heavy (non-hydrogen) atoms. The number of likely N-dealkylation sites (tertiary alicyclic amines) is 1. The van der Waals surface area contributed by atoms with Crippen LogP contribution in [0, 0.1) is 0 Å². The number of unbranched alkanes of at least 4 members (excludes halogenated alkanes) is 1. The molecule has 0 unspecified atom stereocenters. The van der Waals surface area contributed by atoms with E-state index in [0.717, 1.165) is 63.2 Å². The monoisotopic (exact) mass is 292 g/mol. The molecule has 4 nitrogen and oxygen atoms in total. The number of benzene rings is 1. The van der Waals surface area contributed by atoms with Crippen molar-refractivity contribution in [2.24, 2.45) is 5.73 Å². The molecule has 0 aliphatic carbocycles. The molecule has 1 aliphatic heterocycles. The summed E-state index contributed by atoms with van der Waals surface area (Å²) in [5, 5.41) is 0. The first-order chi connectivity index (χ1) is 10.2. The minimum Gasteiger partial charge on any atom is -0.493 e. The molecule has 0 saturated carbocycles. The Balaban J connectivity index is 2.02. The summed E-state index contributed by atoms with van der Waals surface area (Å²) >= 11 is 0. The van der Waals surface area contributed by atoms with E-state index in [0.29, 0.717) is 6.10 Å². The summed E-state index contributed by atoms with van der Waals surface area (Å²) in [6.07, 6.45) is 5.58. The first kappa shape index (κ1) is 16.1. The lowest BCUT2D eigenvalue weighted by atomic mass is 10.1. The fraction of sp³-hybridized carbons (Fsp3) is 0.647. The molecule has 0 radical (unpaired) electrons. The summed E-state index contributed by atoms with van der Waals surface area (Å²) in [4.78, 5) is 2.35. The van der Waals surface area contributed by atoms with Gasteiger partial charge >= 0.3 is 0 Å². The lowest BCUT2D eigenvalue weighted by Gasteiger charge is -2.30. The molecular weight excluding hydrogens is 264 g/mol. The van der Waals surface area contributed by atoms with Crippen LogP contribution in [0.25, 0.3) is 0 Å². The van der Waals surface area contributed by atoms with Crippen molar-refractivity contribution in [2.45, 2.75) is 38.2 Å². The van der Waals surface area contributed by atoms with E-state index in [9.17, 15) is 0 Å². The quantitative estimate of drug-likeness (QED) is 0.784. The number of hydrogen-bond acceptors (Lipinski definition) is 4. The highest BCUT2D eigenvalue weighted by atomic mass is 16.5. The van der Waals surface area contributed by atoms with Gasteiger partial charge in [-0.25, -0.2) is 0 Å². The van der Waals surface area contributed by atoms with Gasteiger partial charge in [-0.15, -0.1) is 0 Å². The average molecular weight is 292 g/mol. The summed E-state index contributed by atoms with van der Waals surface area (Å²) in [7, 11) is 3.89. The highest BCUT2D eigenvalue weighted by Crippen LogP contribution is 2.33. The summed E-state index contributed by atoms with van der Waals surface area (Å²) < 4.78 is 11.8. The van der Waals surface area contributed by atoms with Gasteiger partial charge in [0.15, 0.2) is 11.5 Å². The van der Waals surface area contributed by atoms with E-state index < -0.39 is 0 Å². The van der Waals surface area contributed by atoms with Gasteiger partial charge in [-0.3, -0.25) is 0 Å². The number of para-hydroxylation sites is 1. The van der Waals surface area contributed by atoms with Crippen LogP contribution < -0.4 is 15.2 Å². The highest BCUT2D eigenvalue weighted by molar-refractivity contribution is 5.46. The lowest BCUT2D eigenvalue weighted by Crippen LogP contribution is -2.35. The number of aryl methyl sites for hydroxylation is 1. The standard InChI is InChI=1S/C17H28N2O2/c1-19-12-9-15(10-13-19)21-16-8-5-7-14(17(16)20-2)6-3-4-11-18/h5,7-8,15H,3-4,6,9-13,18H2,1-2H3. The molecule has 1 aliphatic rings. The second-order valence-electron chi connectivity index (χ2n) is 5.81. The van der Waals surface area contributed by atoms with E-state index in [1.54, 1.807) is 7.11 Å². The van der Waals surface area contributed by atoms with Crippen molar-refractivity contribution in [2.75, 3.05) is 33.8 Å². The molecule has 2 rings (SSSR count). The van der Waals surface area contributed by atoms with Crippen molar-refractivity contribution in [1.82, 2.24) is 4.90 Å². The fourth-order valence-electron chi connectivity index (χ4n) is 2.82. The Labute approximate surface area is 128 Å². The maximum Gasteiger partial charge on any atom is 0.163 e. The lowest BCUT2D eigenvalue weighted by molar-refractivity contribution is 0.111. The summed E-state index contributed by atoms with van der Waals surface area (Å²) in [5.74, 6) is 1.78. The zero-order chi connectivity index (χ0) is 15.1. The van der Waals surface area contributed by atoms with Crippen LogP contribution in [-0.4, -0.2) is 44.8 Å². The number of nitrogens with two attached hydrogens (primary N) is 1. The highest BCUT2D eigenvalue weighted by Gasteiger charge is 2.20. The van der Waals surface area contributed by atoms with Crippen molar-refractivity contribution in [1.29, 1.82) is 0 Å². The van der Waals surface area contributed by atoms with E-state index in [4.69, 9.17) is 15.2 Å². The Kier molecular flexibility index (Phi) is 6.33. The zero-order valence-corrected chi connectivity index (χ0v) is 13.3. The van der Waals surface area contributed by atoms with E-state index in [-0.39, 0.29) is 0 Å². The number of rotatable bonds is 7. The first-order valence-electron chi connectivity index (χ1n) is 7.95. The van der Waals surface area contributed by atoms with Gasteiger partial charge in [0.2, 0.25) is 0 Å². The second kappa shape index (κ2) is 8.25. The number of hydrogen-bond donors (Lipinski definition) is 1. The Morgan fingerprint density at radius 1 is 1.24 bits per heavy atom. The largest absolute Gasteiger partial charge is 0.493 e. The minimum absolute atomic E-state index is 0.300. The molecule has 1 aromatic carbocycles. The number of nitrogens with zero attached hydrogens (tertiary/aromatic N) is 1. The van der Waals surface area contributed by atoms with E-state index in [1.165, 1.54) is 5.56 Å². The Morgan fingerprint density at radius 3 is 2.67 bits per heavy atom. The normalized spacial score (nSPS) is 16.9. The van der Waals surface area contributed by atoms with Gasteiger partial charge in [-0.05, 0) is 57.3 Å². The predicted octanol–water partition coefficient (Wildman–Crippen LogP) is 2.45. The zero-order valence-electron chi connectivity index (χ0n) is 13.3. The molecule has 1 saturated heterocycles. The molecule has 4 heteroatoms. The fourth-order valence-corrected chi connectivity index (χ4v) is 2.82. The topological polar surface area (TPSA) is 47.7 Å². The molecule has 2 N–H and O–H groups in total. The van der Waals surface area contributed by atoms with Crippen LogP contribution in [0.3, 0.4) is 0 Å². The summed E-state index contributed by atoms with van der Waals surface area (Å²) in [5.41, 5.74) is 6.79. The Hall–Kier alpha value is -1.26. The van der Waals surface area contributed by atoms with Gasteiger partial charge in [-0.2, -0.15) is 0 Å². The van der Waals surface area contributed by atoms with Crippen molar-refractivity contribution in [3.05, 3.63) is 23.8 Å². The van der Waals surface area contributed by atoms with Crippen molar-refractivity contribution in [3.63, 3.8) is 0 Å². The van der Waals surface area contributed by atoms with Crippen molar-refractivity contribution < 1.29 is 9.47 Å². The second-order valence-corrected chi connectivity index (χ2v) is 5.81. The van der Waals surface area contributed by atoms with Gasteiger partial charge in [0.05, 0.1) is 7.11 Å². The summed E-state index contributed by atoms with van der Waals surface area (Å²) in [6, 6.07) is 6.20. The third kappa shape index (κ3) is 4.61. The molecule has 0 aromatic heterocycles. The maximum absolute atomic E-state index is 6.20. The van der Waals surface area contributed by atoms with E-state index in [1.807, 2.05) is 6.07 Å². The van der Waals surface area contributed by atoms with Crippen LogP contribution >= 0.6 is 0 Å². The number of ether oxygens (including phenoxy) is 2. The van der Waals surface area contributed by atoms with Gasteiger partial charge in [0.1, 0.15) is 6.10 Å². The van der Waals surface area contributed by atoms with Crippen molar-refractivity contribution in [3.8, 4) is 11.5 Å². The first-order valence-corrected chi connectivity index (χ1v) is 7.95.